The van der Waals surface area contributed by atoms with E-state index >= 15 is 0 Å². The molecule has 2 N–H and O–H groups in total. The first-order valence-electron chi connectivity index (χ1n) is 9.23. The van der Waals surface area contributed by atoms with Crippen molar-refractivity contribution in [1.82, 2.24) is 9.47 Å². The third-order valence-electron chi connectivity index (χ3n) is 4.96. The fourth-order valence-electron chi connectivity index (χ4n) is 3.84. The maximum Gasteiger partial charge on any atom is 0.410 e. The number of carbonyl (C=O) groups excluding carboxylic acids is 2. The zero-order valence-electron chi connectivity index (χ0n) is 16.1. The molecule has 0 saturated carbocycles. The molecule has 1 saturated heterocycles. The molecular weight excluding hydrogens is 348 g/mol. The molecule has 0 bridgehead atoms. The summed E-state index contributed by atoms with van der Waals surface area (Å²) in [5, 5.41) is 9.75. The van der Waals surface area contributed by atoms with Crippen molar-refractivity contribution in [3.8, 4) is 6.07 Å². The molecule has 2 aliphatic heterocycles. The molecule has 1 fully saturated rings. The van der Waals surface area contributed by atoms with Crippen molar-refractivity contribution in [2.75, 3.05) is 19.8 Å². The summed E-state index contributed by atoms with van der Waals surface area (Å²) in [7, 11) is 0. The van der Waals surface area contributed by atoms with Gasteiger partial charge in [-0.05, 0) is 33.6 Å². The molecule has 1 aromatic rings. The van der Waals surface area contributed by atoms with Crippen molar-refractivity contribution in [2.24, 2.45) is 5.73 Å². The number of aromatic nitrogens is 1. The largest absolute Gasteiger partial charge is 0.444 e. The number of nitrogens with zero attached hydrogens (tertiary/aromatic N) is 3. The first-order valence-corrected chi connectivity index (χ1v) is 9.23. The first kappa shape index (κ1) is 19.2. The van der Waals surface area contributed by atoms with E-state index in [0.717, 1.165) is 18.5 Å². The van der Waals surface area contributed by atoms with Crippen LogP contribution in [0.15, 0.2) is 0 Å². The van der Waals surface area contributed by atoms with E-state index < -0.39 is 17.6 Å². The summed E-state index contributed by atoms with van der Waals surface area (Å²) in [6.07, 6.45) is 1.16. The highest BCUT2D eigenvalue weighted by atomic mass is 16.6. The minimum Gasteiger partial charge on any atom is -0.444 e. The third-order valence-corrected chi connectivity index (χ3v) is 4.96. The minimum absolute atomic E-state index is 0.147. The van der Waals surface area contributed by atoms with Crippen LogP contribution >= 0.6 is 0 Å². The van der Waals surface area contributed by atoms with Gasteiger partial charge in [-0.2, -0.15) is 5.26 Å². The first-order chi connectivity index (χ1) is 12.7. The highest BCUT2D eigenvalue weighted by Crippen LogP contribution is 2.36. The van der Waals surface area contributed by atoms with E-state index in [1.807, 2.05) is 25.3 Å². The Morgan fingerprint density at radius 2 is 1.93 bits per heavy atom. The van der Waals surface area contributed by atoms with Crippen LogP contribution in [0.1, 0.15) is 66.8 Å². The molecule has 3 heterocycles. The molecule has 8 nitrogen and oxygen atoms in total. The van der Waals surface area contributed by atoms with Crippen molar-refractivity contribution < 1.29 is 19.1 Å². The molecule has 2 aliphatic rings. The highest BCUT2D eigenvalue weighted by molar-refractivity contribution is 5.97. The summed E-state index contributed by atoms with van der Waals surface area (Å²) < 4.78 is 12.9. The second kappa shape index (κ2) is 7.24. The Morgan fingerprint density at radius 3 is 2.48 bits per heavy atom. The standard InChI is InChI=1S/C19H26N4O4/c1-19(2,3)27-18(25)22-6-7-23-14(11-22)15(17(21)24)13(10-20)16(23)12-4-8-26-9-5-12/h12H,4-9,11H2,1-3H3,(H2,21,24). The van der Waals surface area contributed by atoms with Crippen LogP contribution in [0, 0.1) is 11.3 Å². The molecule has 0 aliphatic carbocycles. The topological polar surface area (TPSA) is 111 Å². The summed E-state index contributed by atoms with van der Waals surface area (Å²) in [5.41, 5.74) is 7.06. The van der Waals surface area contributed by atoms with E-state index in [1.54, 1.807) is 4.90 Å². The van der Waals surface area contributed by atoms with E-state index in [4.69, 9.17) is 15.2 Å². The van der Waals surface area contributed by atoms with Crippen LogP contribution in [-0.2, 0) is 22.6 Å². The predicted molar refractivity (Wildman–Crippen MR) is 97.1 cm³/mol. The lowest BCUT2D eigenvalue weighted by Gasteiger charge is -2.33. The number of hydrogen-bond acceptors (Lipinski definition) is 5. The van der Waals surface area contributed by atoms with E-state index in [-0.39, 0.29) is 18.0 Å². The van der Waals surface area contributed by atoms with Crippen LogP contribution in [0.3, 0.4) is 0 Å². The number of nitrogens with two attached hydrogens (primary N) is 1. The quantitative estimate of drug-likeness (QED) is 0.852. The lowest BCUT2D eigenvalue weighted by Crippen LogP contribution is -2.42. The Bertz CT molecular complexity index is 794. The van der Waals surface area contributed by atoms with Crippen LogP contribution < -0.4 is 5.73 Å². The molecule has 8 heteroatoms. The fourth-order valence-corrected chi connectivity index (χ4v) is 3.84. The average Bonchev–Trinajstić information content (AvgIpc) is 2.94. The summed E-state index contributed by atoms with van der Waals surface area (Å²) in [4.78, 5) is 26.2. The zero-order valence-corrected chi connectivity index (χ0v) is 16.1. The molecule has 27 heavy (non-hydrogen) atoms. The Balaban J connectivity index is 2.00. The third kappa shape index (κ3) is 3.78. The van der Waals surface area contributed by atoms with Crippen molar-refractivity contribution in [3.05, 3.63) is 22.5 Å². The normalized spacial score (nSPS) is 17.9. The van der Waals surface area contributed by atoms with Gasteiger partial charge in [0.25, 0.3) is 5.91 Å². The van der Waals surface area contributed by atoms with Crippen LogP contribution in [0.5, 0.6) is 0 Å². The molecule has 0 radical (unpaired) electrons. The van der Waals surface area contributed by atoms with Gasteiger partial charge in [-0.3, -0.25) is 4.79 Å². The maximum absolute atomic E-state index is 12.5. The predicted octanol–water partition coefficient (Wildman–Crippen LogP) is 2.10. The lowest BCUT2D eigenvalue weighted by atomic mass is 9.92. The number of amides is 2. The van der Waals surface area contributed by atoms with Gasteiger partial charge in [0.1, 0.15) is 11.7 Å². The average molecular weight is 374 g/mol. The van der Waals surface area contributed by atoms with E-state index in [0.29, 0.717) is 37.6 Å². The Morgan fingerprint density at radius 1 is 1.26 bits per heavy atom. The van der Waals surface area contributed by atoms with Crippen LogP contribution in [0.2, 0.25) is 0 Å². The van der Waals surface area contributed by atoms with Crippen LogP contribution in [0.4, 0.5) is 4.79 Å². The van der Waals surface area contributed by atoms with Crippen molar-refractivity contribution in [1.29, 1.82) is 5.26 Å². The van der Waals surface area contributed by atoms with Crippen LogP contribution in [0.25, 0.3) is 0 Å². The maximum atomic E-state index is 12.5. The number of rotatable bonds is 2. The van der Waals surface area contributed by atoms with E-state index in [2.05, 4.69) is 6.07 Å². The molecular formula is C19H26N4O4. The van der Waals surface area contributed by atoms with Gasteiger partial charge in [0.2, 0.25) is 0 Å². The SMILES string of the molecule is CC(C)(C)OC(=O)N1CCn2c(c(C(N)=O)c(C#N)c2C2CCOCC2)C1. The molecule has 1 aromatic heterocycles. The van der Waals surface area contributed by atoms with Gasteiger partial charge in [-0.15, -0.1) is 0 Å². The number of hydrogen-bond donors (Lipinski definition) is 1. The molecule has 0 spiro atoms. The Labute approximate surface area is 158 Å². The van der Waals surface area contributed by atoms with Crippen molar-refractivity contribution in [3.63, 3.8) is 0 Å². The zero-order chi connectivity index (χ0) is 19.8. The van der Waals surface area contributed by atoms with Gasteiger partial charge in [-0.25, -0.2) is 4.79 Å². The second-order valence-corrected chi connectivity index (χ2v) is 8.00. The molecule has 0 unspecified atom stereocenters. The van der Waals surface area contributed by atoms with Gasteiger partial charge in [0, 0.05) is 37.9 Å². The number of fused-ring (bicyclic) bond motifs is 1. The number of ether oxygens (including phenoxy) is 2. The van der Waals surface area contributed by atoms with Gasteiger partial charge < -0.3 is 24.7 Å². The fraction of sp³-hybridized carbons (Fsp3) is 0.632. The Hall–Kier alpha value is -2.53. The number of nitriles is 1. The second-order valence-electron chi connectivity index (χ2n) is 8.00. The van der Waals surface area contributed by atoms with Gasteiger partial charge >= 0.3 is 6.09 Å². The highest BCUT2D eigenvalue weighted by Gasteiger charge is 2.35. The molecule has 2 amide bonds. The monoisotopic (exact) mass is 374 g/mol. The van der Waals surface area contributed by atoms with Crippen molar-refractivity contribution >= 4 is 12.0 Å². The van der Waals surface area contributed by atoms with E-state index in [1.165, 1.54) is 0 Å². The molecule has 0 aromatic carbocycles. The summed E-state index contributed by atoms with van der Waals surface area (Å²) in [6.45, 7) is 7.85. The van der Waals surface area contributed by atoms with E-state index in [9.17, 15) is 14.9 Å². The van der Waals surface area contributed by atoms with Gasteiger partial charge in [0.05, 0.1) is 23.4 Å². The summed E-state index contributed by atoms with van der Waals surface area (Å²) >= 11 is 0. The number of carbonyl (C=O) groups is 2. The minimum atomic E-state index is -0.639. The summed E-state index contributed by atoms with van der Waals surface area (Å²) in [6, 6.07) is 2.19. The molecule has 146 valence electrons. The Kier molecular flexibility index (Phi) is 5.16. The molecule has 3 rings (SSSR count). The van der Waals surface area contributed by atoms with Crippen molar-refractivity contribution in [2.45, 2.75) is 58.2 Å². The number of primary amides is 1. The lowest BCUT2D eigenvalue weighted by molar-refractivity contribution is 0.0195. The smallest absolute Gasteiger partial charge is 0.410 e. The summed E-state index contributed by atoms with van der Waals surface area (Å²) in [5.74, 6) is -0.493. The van der Waals surface area contributed by atoms with Gasteiger partial charge in [0.15, 0.2) is 0 Å². The van der Waals surface area contributed by atoms with Crippen LogP contribution in [-0.4, -0.2) is 46.8 Å². The van der Waals surface area contributed by atoms with Gasteiger partial charge in [-0.1, -0.05) is 0 Å². The molecule has 0 atom stereocenters.